The predicted octanol–water partition coefficient (Wildman–Crippen LogP) is 2.06. The number of aromatic nitrogens is 2. The van der Waals surface area contributed by atoms with Gasteiger partial charge in [0.1, 0.15) is 5.82 Å². The molecule has 0 aromatic carbocycles. The minimum Gasteiger partial charge on any atom is -0.308 e. The van der Waals surface area contributed by atoms with Gasteiger partial charge in [-0.25, -0.2) is 4.98 Å². The molecule has 5 heteroatoms. The lowest BCUT2D eigenvalue weighted by Gasteiger charge is -2.05. The van der Waals surface area contributed by atoms with Crippen LogP contribution in [0.1, 0.15) is 24.1 Å². The van der Waals surface area contributed by atoms with E-state index >= 15 is 0 Å². The van der Waals surface area contributed by atoms with Crippen LogP contribution >= 0.6 is 11.3 Å². The first-order valence-corrected chi connectivity index (χ1v) is 7.03. The molecule has 18 heavy (non-hydrogen) atoms. The fourth-order valence-electron chi connectivity index (χ4n) is 1.87. The minimum absolute atomic E-state index is 0.0850. The molecule has 94 valence electrons. The third-order valence-corrected chi connectivity index (χ3v) is 3.92. The zero-order chi connectivity index (χ0) is 12.5. The standard InChI is InChI=1S/C13H15N3OS/c1-8-6-18-7-11(8)13-15-10(4-12(17)16-13)5-14-9-2-3-9/h4,6-7,9,14H,2-3,5H2,1H3,(H,15,16,17). The van der Waals surface area contributed by atoms with E-state index in [1.165, 1.54) is 12.8 Å². The first-order valence-electron chi connectivity index (χ1n) is 6.09. The first-order chi connectivity index (χ1) is 8.72. The van der Waals surface area contributed by atoms with Crippen LogP contribution in [0, 0.1) is 6.92 Å². The van der Waals surface area contributed by atoms with Gasteiger partial charge in [-0.05, 0) is 30.7 Å². The van der Waals surface area contributed by atoms with Gasteiger partial charge in [-0.2, -0.15) is 11.3 Å². The summed E-state index contributed by atoms with van der Waals surface area (Å²) in [6, 6.07) is 2.19. The zero-order valence-corrected chi connectivity index (χ0v) is 11.0. The smallest absolute Gasteiger partial charge is 0.251 e. The van der Waals surface area contributed by atoms with Crippen LogP contribution in [-0.4, -0.2) is 16.0 Å². The van der Waals surface area contributed by atoms with Gasteiger partial charge in [0.15, 0.2) is 0 Å². The van der Waals surface area contributed by atoms with Crippen molar-refractivity contribution in [2.45, 2.75) is 32.4 Å². The number of nitrogens with zero attached hydrogens (tertiary/aromatic N) is 1. The van der Waals surface area contributed by atoms with E-state index in [-0.39, 0.29) is 5.56 Å². The van der Waals surface area contributed by atoms with Gasteiger partial charge in [0.2, 0.25) is 0 Å². The van der Waals surface area contributed by atoms with E-state index in [9.17, 15) is 4.79 Å². The largest absolute Gasteiger partial charge is 0.308 e. The molecule has 0 spiro atoms. The Labute approximate surface area is 109 Å². The molecule has 1 saturated carbocycles. The molecular weight excluding hydrogens is 246 g/mol. The van der Waals surface area contributed by atoms with E-state index in [2.05, 4.69) is 20.7 Å². The average Bonchev–Trinajstić information content (AvgIpc) is 3.07. The van der Waals surface area contributed by atoms with Gasteiger partial charge < -0.3 is 10.3 Å². The number of hydrogen-bond acceptors (Lipinski definition) is 4. The summed E-state index contributed by atoms with van der Waals surface area (Å²) >= 11 is 1.62. The van der Waals surface area contributed by atoms with E-state index in [0.29, 0.717) is 18.4 Å². The summed E-state index contributed by atoms with van der Waals surface area (Å²) in [6.45, 7) is 2.70. The molecule has 2 aromatic rings. The highest BCUT2D eigenvalue weighted by atomic mass is 32.1. The van der Waals surface area contributed by atoms with Crippen molar-refractivity contribution in [1.29, 1.82) is 0 Å². The number of rotatable bonds is 4. The van der Waals surface area contributed by atoms with Crippen LogP contribution in [0.3, 0.4) is 0 Å². The second kappa shape index (κ2) is 4.66. The Morgan fingerprint density at radius 2 is 2.33 bits per heavy atom. The second-order valence-electron chi connectivity index (χ2n) is 4.71. The molecular formula is C13H15N3OS. The fraction of sp³-hybridized carbons (Fsp3) is 0.385. The van der Waals surface area contributed by atoms with Gasteiger partial charge in [0, 0.05) is 29.6 Å². The van der Waals surface area contributed by atoms with E-state index in [4.69, 9.17) is 0 Å². The molecule has 0 bridgehead atoms. The molecule has 1 fully saturated rings. The lowest BCUT2D eigenvalue weighted by Crippen LogP contribution is -2.19. The lowest BCUT2D eigenvalue weighted by atomic mass is 10.2. The lowest BCUT2D eigenvalue weighted by molar-refractivity contribution is 0.672. The molecule has 0 atom stereocenters. The minimum atomic E-state index is -0.0850. The highest BCUT2D eigenvalue weighted by Gasteiger charge is 2.20. The van der Waals surface area contributed by atoms with Crippen molar-refractivity contribution in [3.8, 4) is 11.4 Å². The normalized spacial score (nSPS) is 14.9. The molecule has 2 N–H and O–H groups in total. The van der Waals surface area contributed by atoms with Gasteiger partial charge in [-0.15, -0.1) is 0 Å². The summed E-state index contributed by atoms with van der Waals surface area (Å²) in [7, 11) is 0. The van der Waals surface area contributed by atoms with Crippen molar-refractivity contribution in [1.82, 2.24) is 15.3 Å². The van der Waals surface area contributed by atoms with E-state index in [1.54, 1.807) is 17.4 Å². The maximum Gasteiger partial charge on any atom is 0.251 e. The van der Waals surface area contributed by atoms with E-state index in [0.717, 1.165) is 16.8 Å². The first kappa shape index (κ1) is 11.6. The van der Waals surface area contributed by atoms with Crippen LogP contribution in [0.25, 0.3) is 11.4 Å². The Hall–Kier alpha value is -1.46. The van der Waals surface area contributed by atoms with Crippen molar-refractivity contribution >= 4 is 11.3 Å². The summed E-state index contributed by atoms with van der Waals surface area (Å²) < 4.78 is 0. The van der Waals surface area contributed by atoms with Crippen LogP contribution in [0.5, 0.6) is 0 Å². The van der Waals surface area contributed by atoms with Crippen molar-refractivity contribution in [2.75, 3.05) is 0 Å². The van der Waals surface area contributed by atoms with Crippen LogP contribution in [0.4, 0.5) is 0 Å². The average molecular weight is 261 g/mol. The Bertz CT molecular complexity index is 613. The van der Waals surface area contributed by atoms with Gasteiger partial charge in [0.25, 0.3) is 5.56 Å². The Morgan fingerprint density at radius 3 is 3.00 bits per heavy atom. The summed E-state index contributed by atoms with van der Waals surface area (Å²) in [4.78, 5) is 19.0. The molecule has 0 amide bonds. The Morgan fingerprint density at radius 1 is 1.50 bits per heavy atom. The summed E-state index contributed by atoms with van der Waals surface area (Å²) in [5.41, 5.74) is 2.89. The van der Waals surface area contributed by atoms with Crippen LogP contribution < -0.4 is 10.9 Å². The van der Waals surface area contributed by atoms with Crippen molar-refractivity contribution in [3.63, 3.8) is 0 Å². The molecule has 1 aliphatic carbocycles. The predicted molar refractivity (Wildman–Crippen MR) is 72.8 cm³/mol. The van der Waals surface area contributed by atoms with E-state index < -0.39 is 0 Å². The summed E-state index contributed by atoms with van der Waals surface area (Å²) in [5, 5.41) is 7.45. The number of aromatic amines is 1. The summed E-state index contributed by atoms with van der Waals surface area (Å²) in [5.74, 6) is 0.675. The topological polar surface area (TPSA) is 57.8 Å². The molecule has 2 heterocycles. The van der Waals surface area contributed by atoms with Gasteiger partial charge in [-0.3, -0.25) is 4.79 Å². The molecule has 2 aromatic heterocycles. The molecule has 0 radical (unpaired) electrons. The van der Waals surface area contributed by atoms with Gasteiger partial charge >= 0.3 is 0 Å². The second-order valence-corrected chi connectivity index (χ2v) is 5.45. The number of H-pyrrole nitrogens is 1. The third kappa shape index (κ3) is 2.52. The van der Waals surface area contributed by atoms with Gasteiger partial charge in [-0.1, -0.05) is 0 Å². The Balaban J connectivity index is 1.89. The van der Waals surface area contributed by atoms with Gasteiger partial charge in [0.05, 0.1) is 5.69 Å². The molecule has 4 nitrogen and oxygen atoms in total. The molecule has 0 unspecified atom stereocenters. The third-order valence-electron chi connectivity index (χ3n) is 3.05. The molecule has 3 rings (SSSR count). The molecule has 1 aliphatic rings. The van der Waals surface area contributed by atoms with Crippen molar-refractivity contribution in [3.05, 3.63) is 38.4 Å². The summed E-state index contributed by atoms with van der Waals surface area (Å²) in [6.07, 6.45) is 2.47. The Kier molecular flexibility index (Phi) is 3.01. The fourth-order valence-corrected chi connectivity index (χ4v) is 2.70. The van der Waals surface area contributed by atoms with Crippen LogP contribution in [0.15, 0.2) is 21.6 Å². The highest BCUT2D eigenvalue weighted by molar-refractivity contribution is 7.08. The van der Waals surface area contributed by atoms with Crippen molar-refractivity contribution in [2.24, 2.45) is 0 Å². The number of aryl methyl sites for hydroxylation is 1. The number of nitrogens with one attached hydrogen (secondary N) is 2. The molecule has 0 aliphatic heterocycles. The SMILES string of the molecule is Cc1cscc1-c1nc(CNC2CC2)cc(=O)[nH]1. The zero-order valence-electron chi connectivity index (χ0n) is 10.2. The quantitative estimate of drug-likeness (QED) is 0.885. The maximum absolute atomic E-state index is 11.7. The maximum atomic E-state index is 11.7. The number of hydrogen-bond donors (Lipinski definition) is 2. The van der Waals surface area contributed by atoms with Crippen LogP contribution in [-0.2, 0) is 6.54 Å². The van der Waals surface area contributed by atoms with E-state index in [1.807, 2.05) is 12.3 Å². The highest BCUT2D eigenvalue weighted by Crippen LogP contribution is 2.23. The monoisotopic (exact) mass is 261 g/mol. The van der Waals surface area contributed by atoms with Crippen LogP contribution in [0.2, 0.25) is 0 Å². The van der Waals surface area contributed by atoms with Crippen molar-refractivity contribution < 1.29 is 0 Å². The number of thiophene rings is 1. The molecule has 0 saturated heterocycles.